The molecule has 0 aliphatic heterocycles. The van der Waals surface area contributed by atoms with Gasteiger partial charge in [-0.2, -0.15) is 0 Å². The van der Waals surface area contributed by atoms with E-state index in [4.69, 9.17) is 0 Å². The van der Waals surface area contributed by atoms with Crippen LogP contribution in [-0.2, 0) is 23.0 Å². The minimum Gasteiger partial charge on any atom is -0.352 e. The number of nitrogens with one attached hydrogen (secondary N) is 1. The van der Waals surface area contributed by atoms with Crippen LogP contribution in [0.3, 0.4) is 0 Å². The van der Waals surface area contributed by atoms with E-state index in [1.807, 2.05) is 18.2 Å². The largest absolute Gasteiger partial charge is 0.352 e. The fourth-order valence-electron chi connectivity index (χ4n) is 3.18. The molecule has 7 heteroatoms. The van der Waals surface area contributed by atoms with E-state index in [-0.39, 0.29) is 18.3 Å². The quantitative estimate of drug-likeness (QED) is 0.508. The average molecular weight is 441 g/mol. The molecule has 0 radical (unpaired) electrons. The van der Waals surface area contributed by atoms with Gasteiger partial charge in [0.15, 0.2) is 0 Å². The lowest BCUT2D eigenvalue weighted by Gasteiger charge is -2.22. The summed E-state index contributed by atoms with van der Waals surface area (Å²) in [6.07, 6.45) is 2.82. The van der Waals surface area contributed by atoms with Crippen LogP contribution in [0.25, 0.3) is 0 Å². The Morgan fingerprint density at radius 2 is 1.55 bits per heavy atom. The number of nitrogens with zero attached hydrogens (tertiary/aromatic N) is 1. The molecule has 0 fully saturated rings. The summed E-state index contributed by atoms with van der Waals surface area (Å²) in [5.74, 6) is -0.585. The van der Waals surface area contributed by atoms with Crippen molar-refractivity contribution in [3.63, 3.8) is 0 Å². The molecular weight excluding hydrogens is 415 g/mol. The van der Waals surface area contributed by atoms with Crippen molar-refractivity contribution in [2.45, 2.75) is 19.4 Å². The number of aryl methyl sites for hydroxylation is 1. The summed E-state index contributed by atoms with van der Waals surface area (Å²) in [5.41, 5.74) is 2.78. The summed E-state index contributed by atoms with van der Waals surface area (Å²) in [5, 5.41) is 2.89. The highest BCUT2D eigenvalue weighted by molar-refractivity contribution is 7.92. The summed E-state index contributed by atoms with van der Waals surface area (Å²) in [6.45, 7) is 0.625. The van der Waals surface area contributed by atoms with Crippen LogP contribution in [0.2, 0.25) is 0 Å². The minimum atomic E-state index is -3.56. The zero-order chi connectivity index (χ0) is 22.3. The Balaban J connectivity index is 1.61. The Hall–Kier alpha value is -3.19. The number of halogens is 1. The molecule has 3 aromatic carbocycles. The minimum absolute atomic E-state index is 0.0736. The first-order valence-electron chi connectivity index (χ1n) is 9.97. The lowest BCUT2D eigenvalue weighted by Crippen LogP contribution is -2.29. The lowest BCUT2D eigenvalue weighted by atomic mass is 10.1. The summed E-state index contributed by atoms with van der Waals surface area (Å²) >= 11 is 0. The van der Waals surface area contributed by atoms with E-state index in [0.29, 0.717) is 23.4 Å². The van der Waals surface area contributed by atoms with Crippen LogP contribution in [0.4, 0.5) is 10.1 Å². The van der Waals surface area contributed by atoms with Crippen LogP contribution < -0.4 is 9.62 Å². The van der Waals surface area contributed by atoms with Gasteiger partial charge in [-0.25, -0.2) is 12.8 Å². The molecule has 162 valence electrons. The maximum absolute atomic E-state index is 13.1. The fraction of sp³-hybridized carbons (Fsp3) is 0.208. The Labute approximate surface area is 182 Å². The molecule has 0 atom stereocenters. The van der Waals surface area contributed by atoms with Crippen LogP contribution in [0, 0.1) is 5.82 Å². The van der Waals surface area contributed by atoms with E-state index < -0.39 is 10.0 Å². The van der Waals surface area contributed by atoms with E-state index in [0.717, 1.165) is 19.1 Å². The number of sulfonamides is 1. The van der Waals surface area contributed by atoms with Gasteiger partial charge in [0.2, 0.25) is 10.0 Å². The fourth-order valence-corrected chi connectivity index (χ4v) is 4.06. The Morgan fingerprint density at radius 1 is 0.903 bits per heavy atom. The first kappa shape index (κ1) is 22.5. The molecule has 3 aromatic rings. The second-order valence-electron chi connectivity index (χ2n) is 7.29. The molecule has 0 unspecified atom stereocenters. The SMILES string of the molecule is CS(=O)(=O)N(Cc1ccc(F)cc1)c1ccc(C(=O)NCCCc2ccccc2)cc1. The van der Waals surface area contributed by atoms with Gasteiger partial charge < -0.3 is 5.32 Å². The van der Waals surface area contributed by atoms with Crippen molar-refractivity contribution in [3.05, 3.63) is 101 Å². The molecule has 0 bridgehead atoms. The van der Waals surface area contributed by atoms with Gasteiger partial charge >= 0.3 is 0 Å². The normalized spacial score (nSPS) is 11.2. The zero-order valence-corrected chi connectivity index (χ0v) is 18.1. The van der Waals surface area contributed by atoms with E-state index in [1.165, 1.54) is 22.0 Å². The number of hydrogen-bond acceptors (Lipinski definition) is 3. The van der Waals surface area contributed by atoms with Gasteiger partial charge in [-0.05, 0) is 60.4 Å². The smallest absolute Gasteiger partial charge is 0.251 e. The van der Waals surface area contributed by atoms with Crippen LogP contribution in [0.5, 0.6) is 0 Å². The molecule has 0 saturated carbocycles. The van der Waals surface area contributed by atoms with Crippen LogP contribution in [-0.4, -0.2) is 27.1 Å². The number of benzene rings is 3. The highest BCUT2D eigenvalue weighted by Gasteiger charge is 2.18. The second kappa shape index (κ2) is 10.2. The molecule has 0 saturated heterocycles. The van der Waals surface area contributed by atoms with Crippen LogP contribution in [0.1, 0.15) is 27.9 Å². The molecule has 0 aliphatic rings. The number of anilines is 1. The predicted molar refractivity (Wildman–Crippen MR) is 121 cm³/mol. The van der Waals surface area contributed by atoms with Gasteiger partial charge in [-0.3, -0.25) is 9.10 Å². The standard InChI is InChI=1S/C24H25FN2O3S/c1-31(29,30)27(18-20-9-13-22(25)14-10-20)23-15-11-21(12-16-23)24(28)26-17-5-8-19-6-3-2-4-7-19/h2-4,6-7,9-16H,5,8,17-18H2,1H3,(H,26,28). The average Bonchev–Trinajstić information content (AvgIpc) is 2.76. The summed E-state index contributed by atoms with van der Waals surface area (Å²) < 4.78 is 38.9. The molecule has 0 aliphatic carbocycles. The second-order valence-corrected chi connectivity index (χ2v) is 9.19. The topological polar surface area (TPSA) is 66.5 Å². The Kier molecular flexibility index (Phi) is 7.41. The third-order valence-electron chi connectivity index (χ3n) is 4.83. The number of carbonyl (C=O) groups excluding carboxylic acids is 1. The first-order valence-corrected chi connectivity index (χ1v) is 11.8. The summed E-state index contributed by atoms with van der Waals surface area (Å²) in [7, 11) is -3.56. The Morgan fingerprint density at radius 3 is 2.16 bits per heavy atom. The molecule has 1 N–H and O–H groups in total. The van der Waals surface area contributed by atoms with Gasteiger partial charge in [-0.15, -0.1) is 0 Å². The zero-order valence-electron chi connectivity index (χ0n) is 17.3. The lowest BCUT2D eigenvalue weighted by molar-refractivity contribution is 0.0953. The van der Waals surface area contributed by atoms with Gasteiger partial charge in [0.05, 0.1) is 18.5 Å². The summed E-state index contributed by atoms with van der Waals surface area (Å²) in [4.78, 5) is 12.4. The van der Waals surface area contributed by atoms with Crippen molar-refractivity contribution in [1.82, 2.24) is 5.32 Å². The van der Waals surface area contributed by atoms with Crippen molar-refractivity contribution in [1.29, 1.82) is 0 Å². The molecule has 3 rings (SSSR count). The molecular formula is C24H25FN2O3S. The molecule has 0 spiro atoms. The number of amides is 1. The summed E-state index contributed by atoms with van der Waals surface area (Å²) in [6, 6.07) is 22.1. The van der Waals surface area contributed by atoms with Crippen molar-refractivity contribution >= 4 is 21.6 Å². The van der Waals surface area contributed by atoms with E-state index in [9.17, 15) is 17.6 Å². The van der Waals surface area contributed by atoms with E-state index in [2.05, 4.69) is 17.4 Å². The van der Waals surface area contributed by atoms with Crippen molar-refractivity contribution in [3.8, 4) is 0 Å². The number of carbonyl (C=O) groups is 1. The highest BCUT2D eigenvalue weighted by atomic mass is 32.2. The maximum atomic E-state index is 13.1. The van der Waals surface area contributed by atoms with Gasteiger partial charge in [0.1, 0.15) is 5.82 Å². The molecule has 0 heterocycles. The number of hydrogen-bond donors (Lipinski definition) is 1. The molecule has 5 nitrogen and oxygen atoms in total. The monoisotopic (exact) mass is 440 g/mol. The van der Waals surface area contributed by atoms with Crippen molar-refractivity contribution in [2.75, 3.05) is 17.1 Å². The Bertz CT molecular complexity index is 1100. The van der Waals surface area contributed by atoms with Gasteiger partial charge in [0, 0.05) is 12.1 Å². The third-order valence-corrected chi connectivity index (χ3v) is 5.97. The van der Waals surface area contributed by atoms with Crippen LogP contribution >= 0.6 is 0 Å². The third kappa shape index (κ3) is 6.65. The van der Waals surface area contributed by atoms with Crippen molar-refractivity contribution < 1.29 is 17.6 Å². The molecule has 31 heavy (non-hydrogen) atoms. The first-order chi connectivity index (χ1) is 14.8. The van der Waals surface area contributed by atoms with E-state index in [1.54, 1.807) is 36.4 Å². The molecule has 0 aromatic heterocycles. The number of rotatable bonds is 9. The van der Waals surface area contributed by atoms with Gasteiger partial charge in [-0.1, -0.05) is 42.5 Å². The van der Waals surface area contributed by atoms with E-state index >= 15 is 0 Å². The molecule has 1 amide bonds. The van der Waals surface area contributed by atoms with Crippen LogP contribution in [0.15, 0.2) is 78.9 Å². The van der Waals surface area contributed by atoms with Crippen molar-refractivity contribution in [2.24, 2.45) is 0 Å². The maximum Gasteiger partial charge on any atom is 0.251 e. The van der Waals surface area contributed by atoms with Gasteiger partial charge in [0.25, 0.3) is 5.91 Å². The highest BCUT2D eigenvalue weighted by Crippen LogP contribution is 2.21. The predicted octanol–water partition coefficient (Wildman–Crippen LogP) is 4.15.